The van der Waals surface area contributed by atoms with E-state index in [9.17, 15) is 0 Å². The van der Waals surface area contributed by atoms with E-state index in [-0.39, 0.29) is 0 Å². The molecule has 2 aromatic carbocycles. The van der Waals surface area contributed by atoms with Crippen LogP contribution in [0.2, 0.25) is 0 Å². The summed E-state index contributed by atoms with van der Waals surface area (Å²) >= 11 is 1.67. The Labute approximate surface area is 157 Å². The van der Waals surface area contributed by atoms with Crippen LogP contribution in [0.3, 0.4) is 0 Å². The first-order valence-electron chi connectivity index (χ1n) is 8.75. The molecule has 1 fully saturated rings. The Morgan fingerprint density at radius 3 is 2.42 bits per heavy atom. The summed E-state index contributed by atoms with van der Waals surface area (Å²) in [7, 11) is 1.66. The molecule has 134 valence electrons. The van der Waals surface area contributed by atoms with Crippen molar-refractivity contribution in [1.82, 2.24) is 14.8 Å². The predicted octanol–water partition coefficient (Wildman–Crippen LogP) is 4.32. The van der Waals surface area contributed by atoms with E-state index in [0.717, 1.165) is 33.9 Å². The fraction of sp³-hybridized carbons (Fsp3) is 0.300. The van der Waals surface area contributed by atoms with Gasteiger partial charge >= 0.3 is 0 Å². The molecule has 4 rings (SSSR count). The van der Waals surface area contributed by atoms with Gasteiger partial charge in [0.15, 0.2) is 5.16 Å². The second-order valence-electron chi connectivity index (χ2n) is 6.16. The smallest absolute Gasteiger partial charge is 0.195 e. The van der Waals surface area contributed by atoms with Gasteiger partial charge in [-0.05, 0) is 49.2 Å². The molecule has 3 aromatic rings. The highest BCUT2D eigenvalue weighted by Gasteiger charge is 2.30. The topological polar surface area (TPSA) is 49.2 Å². The Bertz CT molecular complexity index is 845. The predicted molar refractivity (Wildman–Crippen MR) is 103 cm³/mol. The lowest BCUT2D eigenvalue weighted by Crippen LogP contribution is -2.04. The van der Waals surface area contributed by atoms with Crippen molar-refractivity contribution in [2.75, 3.05) is 19.5 Å². The molecule has 0 atom stereocenters. The van der Waals surface area contributed by atoms with Crippen molar-refractivity contribution in [3.63, 3.8) is 0 Å². The Hall–Kier alpha value is -2.47. The van der Waals surface area contributed by atoms with Crippen molar-refractivity contribution in [2.45, 2.75) is 23.9 Å². The molecule has 1 heterocycles. The number of benzene rings is 2. The standard InChI is InChI=1S/C20H21N3O2S/c1-24-17-9-11-18(12-10-17)25-13-14-26-20-22-21-19(15-7-8-15)23(20)16-5-3-2-4-6-16/h2-6,9-12,15H,7-8,13-14H2,1H3. The average Bonchev–Trinajstić information content (AvgIpc) is 3.46. The third-order valence-electron chi connectivity index (χ3n) is 4.26. The summed E-state index contributed by atoms with van der Waals surface area (Å²) in [4.78, 5) is 0. The largest absolute Gasteiger partial charge is 0.497 e. The van der Waals surface area contributed by atoms with Crippen LogP contribution in [0.15, 0.2) is 59.8 Å². The van der Waals surface area contributed by atoms with Gasteiger partial charge in [0.2, 0.25) is 0 Å². The molecule has 0 amide bonds. The summed E-state index contributed by atoms with van der Waals surface area (Å²) in [5.41, 5.74) is 1.12. The van der Waals surface area contributed by atoms with Crippen molar-refractivity contribution < 1.29 is 9.47 Å². The zero-order chi connectivity index (χ0) is 17.8. The van der Waals surface area contributed by atoms with Gasteiger partial charge in [-0.25, -0.2) is 0 Å². The van der Waals surface area contributed by atoms with Crippen LogP contribution in [0.5, 0.6) is 11.5 Å². The van der Waals surface area contributed by atoms with E-state index in [1.54, 1.807) is 18.9 Å². The minimum absolute atomic E-state index is 0.549. The molecule has 0 radical (unpaired) electrons. The highest BCUT2D eigenvalue weighted by atomic mass is 32.2. The molecule has 1 aliphatic carbocycles. The van der Waals surface area contributed by atoms with E-state index in [1.165, 1.54) is 12.8 Å². The Balaban J connectivity index is 1.40. The minimum atomic E-state index is 0.549. The fourth-order valence-corrected chi connectivity index (χ4v) is 3.54. The highest BCUT2D eigenvalue weighted by molar-refractivity contribution is 7.99. The number of thioether (sulfide) groups is 1. The minimum Gasteiger partial charge on any atom is -0.497 e. The molecule has 0 aliphatic heterocycles. The maximum absolute atomic E-state index is 5.81. The summed E-state index contributed by atoms with van der Waals surface area (Å²) in [6.07, 6.45) is 2.41. The van der Waals surface area contributed by atoms with Crippen LogP contribution in [-0.4, -0.2) is 34.2 Å². The Morgan fingerprint density at radius 1 is 1.00 bits per heavy atom. The fourth-order valence-electron chi connectivity index (χ4n) is 2.76. The number of methoxy groups -OCH3 is 1. The lowest BCUT2D eigenvalue weighted by Gasteiger charge is -2.10. The van der Waals surface area contributed by atoms with Crippen molar-refractivity contribution in [3.05, 3.63) is 60.4 Å². The van der Waals surface area contributed by atoms with Crippen molar-refractivity contribution >= 4 is 11.8 Å². The second kappa shape index (κ2) is 7.83. The zero-order valence-electron chi connectivity index (χ0n) is 14.7. The number of aromatic nitrogens is 3. The molecular formula is C20H21N3O2S. The van der Waals surface area contributed by atoms with Gasteiger partial charge in [0, 0.05) is 17.4 Å². The lowest BCUT2D eigenvalue weighted by atomic mass is 10.3. The number of ether oxygens (including phenoxy) is 2. The van der Waals surface area contributed by atoms with Crippen molar-refractivity contribution in [2.24, 2.45) is 0 Å². The first kappa shape index (κ1) is 17.0. The van der Waals surface area contributed by atoms with Crippen LogP contribution in [-0.2, 0) is 0 Å². The monoisotopic (exact) mass is 367 g/mol. The molecule has 5 nitrogen and oxygen atoms in total. The normalized spacial score (nSPS) is 13.6. The van der Waals surface area contributed by atoms with Crippen LogP contribution in [0.4, 0.5) is 0 Å². The van der Waals surface area contributed by atoms with Gasteiger partial charge in [0.05, 0.1) is 13.7 Å². The molecule has 0 saturated heterocycles. The molecular weight excluding hydrogens is 346 g/mol. The maximum Gasteiger partial charge on any atom is 0.195 e. The van der Waals surface area contributed by atoms with E-state index in [4.69, 9.17) is 9.47 Å². The SMILES string of the molecule is COc1ccc(OCCSc2nnc(C3CC3)n2-c2ccccc2)cc1. The third kappa shape index (κ3) is 3.85. The van der Waals surface area contributed by atoms with E-state index in [2.05, 4.69) is 26.9 Å². The highest BCUT2D eigenvalue weighted by Crippen LogP contribution is 2.41. The number of para-hydroxylation sites is 1. The summed E-state index contributed by atoms with van der Waals surface area (Å²) in [6.45, 7) is 0.609. The number of rotatable bonds is 8. The molecule has 1 aliphatic rings. The van der Waals surface area contributed by atoms with E-state index in [0.29, 0.717) is 12.5 Å². The van der Waals surface area contributed by atoms with Gasteiger partial charge in [-0.2, -0.15) is 0 Å². The van der Waals surface area contributed by atoms with E-state index >= 15 is 0 Å². The molecule has 1 saturated carbocycles. The van der Waals surface area contributed by atoms with E-state index in [1.807, 2.05) is 42.5 Å². The molecule has 0 bridgehead atoms. The summed E-state index contributed by atoms with van der Waals surface area (Å²) in [6, 6.07) is 18.0. The first-order chi connectivity index (χ1) is 12.8. The van der Waals surface area contributed by atoms with Gasteiger partial charge in [-0.15, -0.1) is 10.2 Å². The quantitative estimate of drug-likeness (QED) is 0.438. The van der Waals surface area contributed by atoms with Crippen LogP contribution in [0, 0.1) is 0 Å². The number of hydrogen-bond donors (Lipinski definition) is 0. The maximum atomic E-state index is 5.81. The molecule has 6 heteroatoms. The molecule has 1 aromatic heterocycles. The number of hydrogen-bond acceptors (Lipinski definition) is 5. The van der Waals surface area contributed by atoms with Gasteiger partial charge in [-0.3, -0.25) is 4.57 Å². The Kier molecular flexibility index (Phi) is 5.11. The number of nitrogens with zero attached hydrogens (tertiary/aromatic N) is 3. The van der Waals surface area contributed by atoms with Gasteiger partial charge in [-0.1, -0.05) is 30.0 Å². The summed E-state index contributed by atoms with van der Waals surface area (Å²) in [5.74, 6) is 4.11. The molecule has 0 spiro atoms. The first-order valence-corrected chi connectivity index (χ1v) is 9.74. The van der Waals surface area contributed by atoms with Crippen molar-refractivity contribution in [3.8, 4) is 17.2 Å². The zero-order valence-corrected chi connectivity index (χ0v) is 15.5. The van der Waals surface area contributed by atoms with E-state index < -0.39 is 0 Å². The van der Waals surface area contributed by atoms with Crippen LogP contribution in [0.1, 0.15) is 24.6 Å². The van der Waals surface area contributed by atoms with Gasteiger partial charge in [0.25, 0.3) is 0 Å². The van der Waals surface area contributed by atoms with Gasteiger partial charge in [0.1, 0.15) is 17.3 Å². The summed E-state index contributed by atoms with van der Waals surface area (Å²) in [5, 5.41) is 9.80. The Morgan fingerprint density at radius 2 is 1.73 bits per heavy atom. The third-order valence-corrected chi connectivity index (χ3v) is 5.15. The van der Waals surface area contributed by atoms with Crippen LogP contribution < -0.4 is 9.47 Å². The average molecular weight is 367 g/mol. The lowest BCUT2D eigenvalue weighted by molar-refractivity contribution is 0.342. The molecule has 26 heavy (non-hydrogen) atoms. The van der Waals surface area contributed by atoms with Crippen molar-refractivity contribution in [1.29, 1.82) is 0 Å². The molecule has 0 unspecified atom stereocenters. The van der Waals surface area contributed by atoms with Gasteiger partial charge < -0.3 is 9.47 Å². The van der Waals surface area contributed by atoms with Crippen LogP contribution >= 0.6 is 11.8 Å². The summed E-state index contributed by atoms with van der Waals surface area (Å²) < 4.78 is 13.2. The van der Waals surface area contributed by atoms with Crippen LogP contribution in [0.25, 0.3) is 5.69 Å². The second-order valence-corrected chi connectivity index (χ2v) is 7.22. The molecule has 0 N–H and O–H groups in total.